The molecule has 1 aromatic carbocycles. The first-order valence-corrected chi connectivity index (χ1v) is 7.60. The van der Waals surface area contributed by atoms with Crippen molar-refractivity contribution < 1.29 is 14.8 Å². The molecule has 1 heterocycles. The van der Waals surface area contributed by atoms with E-state index >= 15 is 0 Å². The fourth-order valence-electron chi connectivity index (χ4n) is 2.13. The summed E-state index contributed by atoms with van der Waals surface area (Å²) in [5.41, 5.74) is 0.596. The van der Waals surface area contributed by atoms with Gasteiger partial charge in [0.05, 0.1) is 10.5 Å². The SMILES string of the molecule is CC(Cc1ccsc1)N(C)C(=O)c1cccc([N+](=O)[O-])c1O. The smallest absolute Gasteiger partial charge is 0.311 e. The Hall–Kier alpha value is -2.41. The number of carbonyl (C=O) groups is 1. The summed E-state index contributed by atoms with van der Waals surface area (Å²) in [6.45, 7) is 1.89. The number of likely N-dealkylation sites (N-methyl/N-ethyl adjacent to an activating group) is 1. The molecule has 0 aliphatic carbocycles. The molecule has 0 saturated heterocycles. The van der Waals surface area contributed by atoms with E-state index in [-0.39, 0.29) is 11.6 Å². The number of thiophene rings is 1. The van der Waals surface area contributed by atoms with E-state index in [0.29, 0.717) is 6.42 Å². The molecule has 0 radical (unpaired) electrons. The van der Waals surface area contributed by atoms with E-state index in [4.69, 9.17) is 0 Å². The van der Waals surface area contributed by atoms with Gasteiger partial charge in [0, 0.05) is 19.2 Å². The van der Waals surface area contributed by atoms with Crippen molar-refractivity contribution in [1.29, 1.82) is 0 Å². The molecule has 0 aliphatic rings. The topological polar surface area (TPSA) is 83.7 Å². The van der Waals surface area contributed by atoms with Gasteiger partial charge in [0.25, 0.3) is 5.91 Å². The Morgan fingerprint density at radius 1 is 1.45 bits per heavy atom. The minimum absolute atomic E-state index is 0.0612. The molecule has 6 nitrogen and oxygen atoms in total. The second-order valence-electron chi connectivity index (χ2n) is 5.03. The first kappa shape index (κ1) is 16.0. The van der Waals surface area contributed by atoms with Gasteiger partial charge in [-0.2, -0.15) is 11.3 Å². The van der Waals surface area contributed by atoms with Crippen LogP contribution in [0, 0.1) is 10.1 Å². The van der Waals surface area contributed by atoms with Crippen LogP contribution in [0.3, 0.4) is 0 Å². The molecule has 2 rings (SSSR count). The van der Waals surface area contributed by atoms with Crippen LogP contribution in [0.15, 0.2) is 35.0 Å². The van der Waals surface area contributed by atoms with Gasteiger partial charge in [-0.15, -0.1) is 0 Å². The predicted molar refractivity (Wildman–Crippen MR) is 84.3 cm³/mol. The van der Waals surface area contributed by atoms with E-state index in [1.54, 1.807) is 18.4 Å². The highest BCUT2D eigenvalue weighted by atomic mass is 32.1. The summed E-state index contributed by atoms with van der Waals surface area (Å²) < 4.78 is 0. The molecule has 1 N–H and O–H groups in total. The second kappa shape index (κ2) is 6.57. The number of nitro benzene ring substituents is 1. The number of phenolic OH excluding ortho intramolecular Hbond substituents is 1. The Balaban J connectivity index is 2.20. The van der Waals surface area contributed by atoms with E-state index in [1.165, 1.54) is 23.1 Å². The Morgan fingerprint density at radius 3 is 2.77 bits per heavy atom. The molecule has 0 bridgehead atoms. The van der Waals surface area contributed by atoms with E-state index in [9.17, 15) is 20.0 Å². The molecule has 116 valence electrons. The van der Waals surface area contributed by atoms with Crippen molar-refractivity contribution in [3.63, 3.8) is 0 Å². The van der Waals surface area contributed by atoms with Gasteiger partial charge in [-0.1, -0.05) is 6.07 Å². The lowest BCUT2D eigenvalue weighted by Crippen LogP contribution is -2.36. The summed E-state index contributed by atoms with van der Waals surface area (Å²) >= 11 is 1.59. The first-order valence-electron chi connectivity index (χ1n) is 6.66. The van der Waals surface area contributed by atoms with Crippen LogP contribution in [-0.4, -0.2) is 33.9 Å². The molecular weight excluding hydrogens is 304 g/mol. The summed E-state index contributed by atoms with van der Waals surface area (Å²) in [6, 6.07) is 5.84. The molecule has 0 saturated carbocycles. The third-order valence-corrected chi connectivity index (χ3v) is 4.27. The van der Waals surface area contributed by atoms with Crippen LogP contribution in [-0.2, 0) is 6.42 Å². The number of carbonyl (C=O) groups excluding carboxylic acids is 1. The van der Waals surface area contributed by atoms with Crippen LogP contribution in [0.2, 0.25) is 0 Å². The summed E-state index contributed by atoms with van der Waals surface area (Å²) in [5.74, 6) is -1.03. The standard InChI is InChI=1S/C15H16N2O4S/c1-10(8-11-6-7-22-9-11)16(2)15(19)12-4-3-5-13(14(12)18)17(20)21/h3-7,9-10,18H,8H2,1-2H3. The van der Waals surface area contributed by atoms with Crippen molar-refractivity contribution in [3.8, 4) is 5.75 Å². The van der Waals surface area contributed by atoms with Crippen molar-refractivity contribution in [1.82, 2.24) is 4.90 Å². The lowest BCUT2D eigenvalue weighted by molar-refractivity contribution is -0.385. The number of nitrogens with zero attached hydrogens (tertiary/aromatic N) is 2. The van der Waals surface area contributed by atoms with Crippen LogP contribution >= 0.6 is 11.3 Å². The Morgan fingerprint density at radius 2 is 2.18 bits per heavy atom. The summed E-state index contributed by atoms with van der Waals surface area (Å²) in [7, 11) is 1.62. The average molecular weight is 320 g/mol. The average Bonchev–Trinajstić information content (AvgIpc) is 2.98. The van der Waals surface area contributed by atoms with Crippen LogP contribution in [0.4, 0.5) is 5.69 Å². The normalized spacial score (nSPS) is 11.9. The molecule has 0 aliphatic heterocycles. The number of hydrogen-bond donors (Lipinski definition) is 1. The number of nitro groups is 1. The summed E-state index contributed by atoms with van der Waals surface area (Å²) in [5, 5.41) is 24.7. The van der Waals surface area contributed by atoms with Crippen molar-refractivity contribution in [2.45, 2.75) is 19.4 Å². The maximum atomic E-state index is 12.5. The Labute approximate surface area is 131 Å². The molecule has 2 aromatic rings. The zero-order valence-corrected chi connectivity index (χ0v) is 13.0. The quantitative estimate of drug-likeness (QED) is 0.678. The number of benzene rings is 1. The van der Waals surface area contributed by atoms with Gasteiger partial charge >= 0.3 is 5.69 Å². The van der Waals surface area contributed by atoms with E-state index in [0.717, 1.165) is 5.56 Å². The number of hydrogen-bond acceptors (Lipinski definition) is 5. The highest BCUT2D eigenvalue weighted by molar-refractivity contribution is 7.07. The van der Waals surface area contributed by atoms with Gasteiger partial charge in [-0.3, -0.25) is 14.9 Å². The van der Waals surface area contributed by atoms with E-state index in [2.05, 4.69) is 0 Å². The van der Waals surface area contributed by atoms with Gasteiger partial charge in [0.15, 0.2) is 0 Å². The van der Waals surface area contributed by atoms with Gasteiger partial charge in [-0.05, 0) is 41.8 Å². The monoisotopic (exact) mass is 320 g/mol. The molecule has 1 aromatic heterocycles. The number of aromatic hydroxyl groups is 1. The van der Waals surface area contributed by atoms with Crippen molar-refractivity contribution in [2.24, 2.45) is 0 Å². The van der Waals surface area contributed by atoms with Gasteiger partial charge in [0.2, 0.25) is 5.75 Å². The van der Waals surface area contributed by atoms with E-state index in [1.807, 2.05) is 23.8 Å². The molecule has 1 atom stereocenters. The maximum Gasteiger partial charge on any atom is 0.311 e. The minimum atomic E-state index is -0.707. The van der Waals surface area contributed by atoms with Crippen LogP contribution in [0.25, 0.3) is 0 Å². The highest BCUT2D eigenvalue weighted by Crippen LogP contribution is 2.30. The molecular formula is C15H16N2O4S. The zero-order valence-electron chi connectivity index (χ0n) is 12.2. The third kappa shape index (κ3) is 3.25. The third-order valence-electron chi connectivity index (χ3n) is 3.53. The fourth-order valence-corrected chi connectivity index (χ4v) is 2.81. The fraction of sp³-hybridized carbons (Fsp3) is 0.267. The summed E-state index contributed by atoms with van der Waals surface area (Å²) in [4.78, 5) is 24.1. The van der Waals surface area contributed by atoms with Gasteiger partial charge < -0.3 is 10.0 Å². The minimum Gasteiger partial charge on any atom is -0.502 e. The van der Waals surface area contributed by atoms with Crippen molar-refractivity contribution >= 4 is 22.9 Å². The van der Waals surface area contributed by atoms with Gasteiger partial charge in [-0.25, -0.2) is 0 Å². The predicted octanol–water partition coefficient (Wildman–Crippen LogP) is 3.07. The number of para-hydroxylation sites is 1. The molecule has 1 unspecified atom stereocenters. The largest absolute Gasteiger partial charge is 0.502 e. The molecule has 0 spiro atoms. The Kier molecular flexibility index (Phi) is 4.77. The van der Waals surface area contributed by atoms with Crippen molar-refractivity contribution in [3.05, 3.63) is 56.3 Å². The van der Waals surface area contributed by atoms with Crippen LogP contribution < -0.4 is 0 Å². The van der Waals surface area contributed by atoms with Crippen LogP contribution in [0.1, 0.15) is 22.8 Å². The molecule has 7 heteroatoms. The molecule has 22 heavy (non-hydrogen) atoms. The zero-order chi connectivity index (χ0) is 16.3. The lowest BCUT2D eigenvalue weighted by atomic mass is 10.1. The molecule has 1 amide bonds. The van der Waals surface area contributed by atoms with Crippen molar-refractivity contribution in [2.75, 3.05) is 7.05 Å². The maximum absolute atomic E-state index is 12.5. The number of amides is 1. The van der Waals surface area contributed by atoms with E-state index < -0.39 is 22.3 Å². The highest BCUT2D eigenvalue weighted by Gasteiger charge is 2.25. The lowest BCUT2D eigenvalue weighted by Gasteiger charge is -2.25. The number of phenols is 1. The molecule has 0 fully saturated rings. The number of rotatable bonds is 5. The van der Waals surface area contributed by atoms with Crippen LogP contribution in [0.5, 0.6) is 5.75 Å². The second-order valence-corrected chi connectivity index (χ2v) is 5.81. The van der Waals surface area contributed by atoms with Gasteiger partial charge in [0.1, 0.15) is 0 Å². The Bertz CT molecular complexity index is 685. The summed E-state index contributed by atoms with van der Waals surface area (Å²) in [6.07, 6.45) is 0.682. The first-order chi connectivity index (χ1) is 10.4.